The van der Waals surface area contributed by atoms with Gasteiger partial charge in [0.2, 0.25) is 0 Å². The first-order valence-electron chi connectivity index (χ1n) is 5.66. The molecule has 0 amide bonds. The summed E-state index contributed by atoms with van der Waals surface area (Å²) in [7, 11) is 3.61. The van der Waals surface area contributed by atoms with Gasteiger partial charge in [0.1, 0.15) is 0 Å². The van der Waals surface area contributed by atoms with E-state index in [-0.39, 0.29) is 5.60 Å². The largest absolute Gasteiger partial charge is 0.376 e. The van der Waals surface area contributed by atoms with Crippen molar-refractivity contribution in [2.45, 2.75) is 45.6 Å². The molecule has 0 saturated heterocycles. The summed E-state index contributed by atoms with van der Waals surface area (Å²) in [5.74, 6) is 0. The highest BCUT2D eigenvalue weighted by Gasteiger charge is 2.18. The topological polar surface area (TPSA) is 37.2 Å². The van der Waals surface area contributed by atoms with E-state index in [1.54, 1.807) is 7.05 Å². The minimum absolute atomic E-state index is 0.0628. The number of unbranched alkanes of at least 4 members (excludes halogenated alkanes) is 1. The molecule has 0 atom stereocenters. The average molecular weight is 215 g/mol. The van der Waals surface area contributed by atoms with Gasteiger partial charge < -0.3 is 4.74 Å². The van der Waals surface area contributed by atoms with E-state index < -0.39 is 0 Å². The van der Waals surface area contributed by atoms with Gasteiger partial charge in [-0.1, -0.05) is 18.6 Å². The third kappa shape index (κ3) is 8.36. The molecule has 4 nitrogen and oxygen atoms in total. The Balaban J connectivity index is 3.72. The van der Waals surface area contributed by atoms with Crippen LogP contribution in [-0.2, 0) is 4.74 Å². The molecule has 0 heterocycles. The van der Waals surface area contributed by atoms with Crippen molar-refractivity contribution in [3.05, 3.63) is 0 Å². The molecule has 90 valence electrons. The van der Waals surface area contributed by atoms with Crippen molar-refractivity contribution in [3.8, 4) is 0 Å². The molecular weight excluding hydrogens is 190 g/mol. The van der Waals surface area contributed by atoms with Crippen molar-refractivity contribution < 1.29 is 4.74 Å². The van der Waals surface area contributed by atoms with Crippen LogP contribution in [-0.4, -0.2) is 37.9 Å². The summed E-state index contributed by atoms with van der Waals surface area (Å²) in [6.45, 7) is 8.14. The number of hydrogen-bond donors (Lipinski definition) is 0. The highest BCUT2D eigenvalue weighted by Crippen LogP contribution is 2.15. The van der Waals surface area contributed by atoms with Crippen LogP contribution in [0.1, 0.15) is 40.0 Å². The van der Waals surface area contributed by atoms with E-state index in [0.29, 0.717) is 0 Å². The Morgan fingerprint density at radius 1 is 1.33 bits per heavy atom. The van der Waals surface area contributed by atoms with Gasteiger partial charge in [0.15, 0.2) is 0 Å². The number of rotatable bonds is 8. The first-order chi connectivity index (χ1) is 7.02. The van der Waals surface area contributed by atoms with Gasteiger partial charge in [-0.25, -0.2) is 0 Å². The van der Waals surface area contributed by atoms with E-state index in [0.717, 1.165) is 26.0 Å². The molecule has 0 unspecified atom stereocenters. The summed E-state index contributed by atoms with van der Waals surface area (Å²) in [5, 5.41) is 9.49. The van der Waals surface area contributed by atoms with Crippen LogP contribution < -0.4 is 0 Å². The Morgan fingerprint density at radius 3 is 2.53 bits per heavy atom. The zero-order valence-electron chi connectivity index (χ0n) is 10.8. The Hall–Kier alpha value is -0.640. The van der Waals surface area contributed by atoms with Gasteiger partial charge in [0, 0.05) is 20.2 Å². The molecule has 0 fully saturated rings. The lowest BCUT2D eigenvalue weighted by molar-refractivity contribution is -0.0292. The standard InChI is InChI=1S/C11H25N3O/c1-6-7-10-15-11(2,3)8-9-14(5)13-12-4/h6-10H2,1-5H3. The fourth-order valence-electron chi connectivity index (χ4n) is 1.19. The molecule has 0 aromatic heterocycles. The van der Waals surface area contributed by atoms with Crippen molar-refractivity contribution in [3.63, 3.8) is 0 Å². The summed E-state index contributed by atoms with van der Waals surface area (Å²) in [6, 6.07) is 0. The number of ether oxygens (including phenoxy) is 1. The van der Waals surface area contributed by atoms with Crippen LogP contribution in [0.15, 0.2) is 10.3 Å². The van der Waals surface area contributed by atoms with Crippen LogP contribution in [0.2, 0.25) is 0 Å². The Morgan fingerprint density at radius 2 is 2.00 bits per heavy atom. The highest BCUT2D eigenvalue weighted by atomic mass is 16.5. The van der Waals surface area contributed by atoms with Crippen LogP contribution in [0.5, 0.6) is 0 Å². The molecule has 4 heteroatoms. The molecule has 0 aliphatic carbocycles. The molecule has 0 N–H and O–H groups in total. The van der Waals surface area contributed by atoms with E-state index in [1.165, 1.54) is 6.42 Å². The van der Waals surface area contributed by atoms with E-state index >= 15 is 0 Å². The third-order valence-corrected chi connectivity index (χ3v) is 2.27. The SMILES string of the molecule is CCCCOC(C)(C)CCN(C)N=NC. The maximum absolute atomic E-state index is 5.80. The zero-order chi connectivity index (χ0) is 11.7. The van der Waals surface area contributed by atoms with Crippen LogP contribution in [0.25, 0.3) is 0 Å². The maximum atomic E-state index is 5.80. The van der Waals surface area contributed by atoms with Crippen LogP contribution in [0.3, 0.4) is 0 Å². The van der Waals surface area contributed by atoms with E-state index in [9.17, 15) is 0 Å². The van der Waals surface area contributed by atoms with E-state index in [1.807, 2.05) is 12.1 Å². The van der Waals surface area contributed by atoms with Gasteiger partial charge in [0.25, 0.3) is 0 Å². The van der Waals surface area contributed by atoms with Crippen molar-refractivity contribution in [1.82, 2.24) is 5.01 Å². The van der Waals surface area contributed by atoms with Gasteiger partial charge >= 0.3 is 0 Å². The molecule has 0 saturated carbocycles. The summed E-state index contributed by atoms with van der Waals surface area (Å²) < 4.78 is 5.80. The lowest BCUT2D eigenvalue weighted by Gasteiger charge is -2.26. The molecule has 0 aromatic carbocycles. The van der Waals surface area contributed by atoms with Crippen LogP contribution in [0.4, 0.5) is 0 Å². The Kier molecular flexibility index (Phi) is 7.30. The minimum Gasteiger partial charge on any atom is -0.376 e. The average Bonchev–Trinajstić information content (AvgIpc) is 2.16. The second-order valence-electron chi connectivity index (χ2n) is 4.38. The molecule has 0 radical (unpaired) electrons. The van der Waals surface area contributed by atoms with Crippen LogP contribution in [0, 0.1) is 0 Å². The van der Waals surface area contributed by atoms with Crippen molar-refractivity contribution in [1.29, 1.82) is 0 Å². The third-order valence-electron chi connectivity index (χ3n) is 2.27. The molecular formula is C11H25N3O. The van der Waals surface area contributed by atoms with Crippen molar-refractivity contribution in [2.75, 3.05) is 27.2 Å². The Labute approximate surface area is 93.7 Å². The van der Waals surface area contributed by atoms with E-state index in [4.69, 9.17) is 4.74 Å². The summed E-state index contributed by atoms with van der Waals surface area (Å²) in [5.41, 5.74) is -0.0628. The molecule has 0 aliphatic rings. The molecule has 0 bridgehead atoms. The first kappa shape index (κ1) is 14.4. The predicted octanol–water partition coefficient (Wildman–Crippen LogP) is 2.90. The number of nitrogens with zero attached hydrogens (tertiary/aromatic N) is 3. The van der Waals surface area contributed by atoms with Gasteiger partial charge in [0.05, 0.1) is 12.6 Å². The molecule has 0 rings (SSSR count). The smallest absolute Gasteiger partial charge is 0.0644 e. The second kappa shape index (κ2) is 7.63. The summed E-state index contributed by atoms with van der Waals surface area (Å²) >= 11 is 0. The molecule has 0 spiro atoms. The predicted molar refractivity (Wildman–Crippen MR) is 63.0 cm³/mol. The molecule has 0 aromatic rings. The minimum atomic E-state index is -0.0628. The monoisotopic (exact) mass is 215 g/mol. The fraction of sp³-hybridized carbons (Fsp3) is 1.00. The summed E-state index contributed by atoms with van der Waals surface area (Å²) in [6.07, 6.45) is 3.28. The van der Waals surface area contributed by atoms with Crippen molar-refractivity contribution in [2.24, 2.45) is 10.3 Å². The Bertz CT molecular complexity index is 181. The number of hydrogen-bond acceptors (Lipinski definition) is 3. The van der Waals surface area contributed by atoms with Gasteiger partial charge in [-0.05, 0) is 26.7 Å². The normalized spacial score (nSPS) is 12.3. The molecule has 0 aliphatic heterocycles. The van der Waals surface area contributed by atoms with E-state index in [2.05, 4.69) is 31.1 Å². The highest BCUT2D eigenvalue weighted by molar-refractivity contribution is 4.69. The summed E-state index contributed by atoms with van der Waals surface area (Å²) in [4.78, 5) is 0. The first-order valence-corrected chi connectivity index (χ1v) is 5.66. The quantitative estimate of drug-likeness (QED) is 0.354. The maximum Gasteiger partial charge on any atom is 0.0644 e. The zero-order valence-corrected chi connectivity index (χ0v) is 10.8. The molecule has 15 heavy (non-hydrogen) atoms. The van der Waals surface area contributed by atoms with Crippen molar-refractivity contribution >= 4 is 0 Å². The lowest BCUT2D eigenvalue weighted by Crippen LogP contribution is -2.29. The lowest BCUT2D eigenvalue weighted by atomic mass is 10.1. The fourth-order valence-corrected chi connectivity index (χ4v) is 1.19. The van der Waals surface area contributed by atoms with Gasteiger partial charge in [-0.3, -0.25) is 5.01 Å². The van der Waals surface area contributed by atoms with Gasteiger partial charge in [-0.15, -0.1) is 0 Å². The second-order valence-corrected chi connectivity index (χ2v) is 4.38. The van der Waals surface area contributed by atoms with Crippen LogP contribution >= 0.6 is 0 Å². The van der Waals surface area contributed by atoms with Gasteiger partial charge in [-0.2, -0.15) is 5.11 Å².